The Labute approximate surface area is 148 Å². The van der Waals surface area contributed by atoms with Gasteiger partial charge in [-0.2, -0.15) is 0 Å². The molecule has 0 amide bonds. The molecule has 4 heteroatoms. The maximum absolute atomic E-state index is 6.82. The summed E-state index contributed by atoms with van der Waals surface area (Å²) in [5, 5.41) is 0.163. The molecule has 2 atom stereocenters. The molecule has 0 radical (unpaired) electrons. The maximum atomic E-state index is 6.82. The van der Waals surface area contributed by atoms with E-state index in [2.05, 4.69) is 58.1 Å². The molecule has 1 fully saturated rings. The van der Waals surface area contributed by atoms with Gasteiger partial charge < -0.3 is 13.9 Å². The summed E-state index contributed by atoms with van der Waals surface area (Å²) in [6, 6.07) is 10.4. The van der Waals surface area contributed by atoms with Crippen LogP contribution in [0.15, 0.2) is 30.3 Å². The Morgan fingerprint density at radius 3 is 2.42 bits per heavy atom. The van der Waals surface area contributed by atoms with Crippen LogP contribution < -0.4 is 0 Å². The van der Waals surface area contributed by atoms with Crippen LogP contribution >= 0.6 is 0 Å². The van der Waals surface area contributed by atoms with Gasteiger partial charge in [0.25, 0.3) is 0 Å². The van der Waals surface area contributed by atoms with Gasteiger partial charge in [-0.3, -0.25) is 0 Å². The minimum atomic E-state index is -1.93. The molecule has 0 aliphatic heterocycles. The molecule has 3 nitrogen and oxygen atoms in total. The van der Waals surface area contributed by atoms with E-state index < -0.39 is 14.1 Å². The first-order chi connectivity index (χ1) is 11.2. The zero-order chi connectivity index (χ0) is 17.8. The predicted octanol–water partition coefficient (Wildman–Crippen LogP) is 5.51. The fraction of sp³-hybridized carbons (Fsp3) is 0.700. The molecule has 1 aliphatic carbocycles. The van der Waals surface area contributed by atoms with E-state index in [0.29, 0.717) is 6.61 Å². The van der Waals surface area contributed by atoms with Crippen molar-refractivity contribution < 1.29 is 13.9 Å². The molecule has 1 aliphatic rings. The molecule has 0 saturated heterocycles. The zero-order valence-corrected chi connectivity index (χ0v) is 17.2. The zero-order valence-electron chi connectivity index (χ0n) is 16.2. The van der Waals surface area contributed by atoms with E-state index in [9.17, 15) is 0 Å². The van der Waals surface area contributed by atoms with Crippen LogP contribution in [0, 0.1) is 0 Å². The van der Waals surface area contributed by atoms with E-state index in [-0.39, 0.29) is 11.1 Å². The SMILES string of the molecule is COC1CCCC(OCc2ccccc2)(O[Si](C)(C)C(C)(C)C)C1. The lowest BCUT2D eigenvalue weighted by atomic mass is 9.91. The number of methoxy groups -OCH3 is 1. The lowest BCUT2D eigenvalue weighted by Crippen LogP contribution is -2.53. The summed E-state index contributed by atoms with van der Waals surface area (Å²) in [4.78, 5) is 0. The van der Waals surface area contributed by atoms with Crippen LogP contribution in [0.1, 0.15) is 52.0 Å². The van der Waals surface area contributed by atoms with E-state index in [1.165, 1.54) is 5.56 Å². The first-order valence-corrected chi connectivity index (χ1v) is 12.0. The highest BCUT2D eigenvalue weighted by Gasteiger charge is 2.47. The molecule has 0 N–H and O–H groups in total. The molecular formula is C20H34O3Si. The summed E-state index contributed by atoms with van der Waals surface area (Å²) in [6.45, 7) is 12.0. The third-order valence-electron chi connectivity index (χ3n) is 5.55. The van der Waals surface area contributed by atoms with Gasteiger partial charge in [-0.1, -0.05) is 51.1 Å². The van der Waals surface area contributed by atoms with Crippen LogP contribution in [0.3, 0.4) is 0 Å². The molecule has 0 aromatic heterocycles. The topological polar surface area (TPSA) is 27.7 Å². The van der Waals surface area contributed by atoms with Crippen molar-refractivity contribution in [2.45, 2.75) is 83.1 Å². The van der Waals surface area contributed by atoms with E-state index in [1.54, 1.807) is 7.11 Å². The van der Waals surface area contributed by atoms with Gasteiger partial charge in [0.2, 0.25) is 0 Å². The number of hydrogen-bond donors (Lipinski definition) is 0. The van der Waals surface area contributed by atoms with Crippen molar-refractivity contribution in [1.29, 1.82) is 0 Å². The summed E-state index contributed by atoms with van der Waals surface area (Å²) < 4.78 is 18.9. The number of benzene rings is 1. The first kappa shape index (κ1) is 19.6. The van der Waals surface area contributed by atoms with Gasteiger partial charge in [0.15, 0.2) is 14.1 Å². The second-order valence-electron chi connectivity index (χ2n) is 8.50. The summed E-state index contributed by atoms with van der Waals surface area (Å²) in [6.07, 6.45) is 4.17. The normalized spacial score (nSPS) is 25.7. The second-order valence-corrected chi connectivity index (χ2v) is 13.2. The van der Waals surface area contributed by atoms with Crippen molar-refractivity contribution in [2.75, 3.05) is 7.11 Å². The lowest BCUT2D eigenvalue weighted by Gasteiger charge is -2.48. The first-order valence-electron chi connectivity index (χ1n) is 9.08. The van der Waals surface area contributed by atoms with E-state index in [1.807, 2.05) is 6.07 Å². The van der Waals surface area contributed by atoms with Gasteiger partial charge in [0.05, 0.1) is 12.7 Å². The fourth-order valence-corrected chi connectivity index (χ4v) is 4.49. The molecule has 0 bridgehead atoms. The average molecular weight is 351 g/mol. The standard InChI is InChI=1S/C20H34O3Si/c1-19(2,3)24(5,6)23-20(14-10-13-18(15-20)21-4)22-16-17-11-8-7-9-12-17/h7-9,11-12,18H,10,13-16H2,1-6H3. The van der Waals surface area contributed by atoms with Crippen LogP contribution in [0.25, 0.3) is 0 Å². The molecule has 2 rings (SSSR count). The number of hydrogen-bond acceptors (Lipinski definition) is 3. The van der Waals surface area contributed by atoms with Crippen molar-refractivity contribution >= 4 is 8.32 Å². The smallest absolute Gasteiger partial charge is 0.195 e. The summed E-state index contributed by atoms with van der Waals surface area (Å²) >= 11 is 0. The van der Waals surface area contributed by atoms with Crippen LogP contribution in [0.5, 0.6) is 0 Å². The monoisotopic (exact) mass is 350 g/mol. The third kappa shape index (κ3) is 4.91. The molecular weight excluding hydrogens is 316 g/mol. The maximum Gasteiger partial charge on any atom is 0.195 e. The highest BCUT2D eigenvalue weighted by atomic mass is 28.4. The Bertz CT molecular complexity index is 509. The summed E-state index contributed by atoms with van der Waals surface area (Å²) in [7, 11) is -0.130. The van der Waals surface area contributed by atoms with Gasteiger partial charge in [-0.05, 0) is 36.5 Å². The summed E-state index contributed by atoms with van der Waals surface area (Å²) in [5.74, 6) is -0.516. The third-order valence-corrected chi connectivity index (χ3v) is 10.0. The fourth-order valence-electron chi connectivity index (χ4n) is 3.01. The van der Waals surface area contributed by atoms with Crippen molar-refractivity contribution in [1.82, 2.24) is 0 Å². The van der Waals surface area contributed by atoms with E-state index >= 15 is 0 Å². The molecule has 2 unspecified atom stereocenters. The Balaban J connectivity index is 2.18. The van der Waals surface area contributed by atoms with Crippen LogP contribution in [0.2, 0.25) is 18.1 Å². The average Bonchev–Trinajstić information content (AvgIpc) is 2.53. The van der Waals surface area contributed by atoms with Gasteiger partial charge in [-0.25, -0.2) is 0 Å². The van der Waals surface area contributed by atoms with Crippen LogP contribution in [-0.4, -0.2) is 27.3 Å². The second kappa shape index (κ2) is 7.69. The Morgan fingerprint density at radius 2 is 1.83 bits per heavy atom. The number of ether oxygens (including phenoxy) is 2. The van der Waals surface area contributed by atoms with Gasteiger partial charge in [0.1, 0.15) is 0 Å². The largest absolute Gasteiger partial charge is 0.390 e. The molecule has 1 saturated carbocycles. The van der Waals surface area contributed by atoms with E-state index in [0.717, 1.165) is 25.7 Å². The molecule has 1 aromatic rings. The molecule has 1 aromatic carbocycles. The Kier molecular flexibility index (Phi) is 6.29. The van der Waals surface area contributed by atoms with Crippen molar-refractivity contribution in [3.8, 4) is 0 Å². The van der Waals surface area contributed by atoms with E-state index in [4.69, 9.17) is 13.9 Å². The van der Waals surface area contributed by atoms with Crippen molar-refractivity contribution in [3.05, 3.63) is 35.9 Å². The highest BCUT2D eigenvalue weighted by molar-refractivity contribution is 6.74. The Morgan fingerprint density at radius 1 is 1.17 bits per heavy atom. The van der Waals surface area contributed by atoms with Crippen LogP contribution in [-0.2, 0) is 20.5 Å². The Hall–Kier alpha value is -0.683. The number of rotatable bonds is 6. The minimum absolute atomic E-state index is 0.163. The molecule has 0 spiro atoms. The van der Waals surface area contributed by atoms with Gasteiger partial charge in [-0.15, -0.1) is 0 Å². The van der Waals surface area contributed by atoms with Gasteiger partial charge >= 0.3 is 0 Å². The summed E-state index contributed by atoms with van der Waals surface area (Å²) in [5.41, 5.74) is 1.19. The molecule has 136 valence electrons. The lowest BCUT2D eigenvalue weighted by molar-refractivity contribution is -0.232. The molecule has 24 heavy (non-hydrogen) atoms. The van der Waals surface area contributed by atoms with Crippen molar-refractivity contribution in [2.24, 2.45) is 0 Å². The predicted molar refractivity (Wildman–Crippen MR) is 102 cm³/mol. The highest BCUT2D eigenvalue weighted by Crippen LogP contribution is 2.44. The minimum Gasteiger partial charge on any atom is -0.390 e. The molecule has 0 heterocycles. The quantitative estimate of drug-likeness (QED) is 0.500. The van der Waals surface area contributed by atoms with Crippen molar-refractivity contribution in [3.63, 3.8) is 0 Å². The van der Waals surface area contributed by atoms with Gasteiger partial charge in [0, 0.05) is 20.0 Å². The van der Waals surface area contributed by atoms with Crippen LogP contribution in [0.4, 0.5) is 0 Å².